The van der Waals surface area contributed by atoms with Crippen LogP contribution in [0.5, 0.6) is 0 Å². The van der Waals surface area contributed by atoms with Crippen molar-refractivity contribution in [1.29, 1.82) is 0 Å². The number of aryl methyl sites for hydroxylation is 1. The van der Waals surface area contributed by atoms with Gasteiger partial charge in [0.05, 0.1) is 12.6 Å². The largest absolute Gasteiger partial charge is 0.292 e. The van der Waals surface area contributed by atoms with Gasteiger partial charge in [-0.05, 0) is 63.3 Å². The number of nitrogens with zero attached hydrogens (tertiary/aromatic N) is 4. The fraction of sp³-hybridized carbons (Fsp3) is 0.577. The van der Waals surface area contributed by atoms with Gasteiger partial charge in [-0.2, -0.15) is 0 Å². The number of likely N-dealkylation sites (tertiary alicyclic amines) is 1. The molecule has 1 aromatic carbocycles. The van der Waals surface area contributed by atoms with Crippen molar-refractivity contribution in [3.05, 3.63) is 52.7 Å². The van der Waals surface area contributed by atoms with E-state index in [2.05, 4.69) is 4.90 Å². The second-order valence-electron chi connectivity index (χ2n) is 9.62. The number of anilines is 1. The molecule has 0 radical (unpaired) electrons. The van der Waals surface area contributed by atoms with Crippen LogP contribution in [0.25, 0.3) is 0 Å². The van der Waals surface area contributed by atoms with Gasteiger partial charge in [0, 0.05) is 23.7 Å². The fourth-order valence-corrected chi connectivity index (χ4v) is 5.83. The summed E-state index contributed by atoms with van der Waals surface area (Å²) < 4.78 is 13.8. The molecule has 2 aliphatic heterocycles. The van der Waals surface area contributed by atoms with E-state index < -0.39 is 0 Å². The number of rotatable bonds is 4. The van der Waals surface area contributed by atoms with Crippen LogP contribution in [0.15, 0.2) is 24.3 Å². The van der Waals surface area contributed by atoms with Crippen molar-refractivity contribution in [3.63, 3.8) is 0 Å². The zero-order valence-electron chi connectivity index (χ0n) is 19.0. The Morgan fingerprint density at radius 1 is 1.03 bits per heavy atom. The van der Waals surface area contributed by atoms with Gasteiger partial charge in [-0.1, -0.05) is 37.8 Å². The third-order valence-corrected chi connectivity index (χ3v) is 7.47. The maximum atomic E-state index is 13.8. The Balaban J connectivity index is 1.47. The van der Waals surface area contributed by atoms with Crippen molar-refractivity contribution in [3.8, 4) is 0 Å². The normalized spacial score (nSPS) is 22.8. The van der Waals surface area contributed by atoms with E-state index in [1.54, 1.807) is 11.0 Å². The van der Waals surface area contributed by atoms with E-state index in [-0.39, 0.29) is 17.8 Å². The summed E-state index contributed by atoms with van der Waals surface area (Å²) in [5.41, 5.74) is 2.82. The monoisotopic (exact) mass is 436 g/mol. The average Bonchev–Trinajstić information content (AvgIpc) is 3.11. The first-order valence-corrected chi connectivity index (χ1v) is 12.3. The zero-order chi connectivity index (χ0) is 22.1. The van der Waals surface area contributed by atoms with Crippen LogP contribution in [0.1, 0.15) is 86.5 Å². The van der Waals surface area contributed by atoms with Gasteiger partial charge in [-0.15, -0.1) is 0 Å². The van der Waals surface area contributed by atoms with E-state index in [9.17, 15) is 9.18 Å². The lowest BCUT2D eigenvalue weighted by molar-refractivity contribution is -0.119. The molecule has 1 saturated carbocycles. The molecule has 0 unspecified atom stereocenters. The Morgan fingerprint density at radius 2 is 1.84 bits per heavy atom. The molecule has 3 aliphatic rings. The van der Waals surface area contributed by atoms with Crippen LogP contribution in [-0.4, -0.2) is 33.4 Å². The summed E-state index contributed by atoms with van der Waals surface area (Å²) in [5, 5.41) is 0. The van der Waals surface area contributed by atoms with Gasteiger partial charge in [0.25, 0.3) is 0 Å². The summed E-state index contributed by atoms with van der Waals surface area (Å²) in [6, 6.07) is 7.35. The Kier molecular flexibility index (Phi) is 6.22. The Labute approximate surface area is 190 Å². The summed E-state index contributed by atoms with van der Waals surface area (Å²) >= 11 is 0. The van der Waals surface area contributed by atoms with Gasteiger partial charge >= 0.3 is 0 Å². The van der Waals surface area contributed by atoms with Crippen molar-refractivity contribution in [2.45, 2.75) is 89.8 Å². The molecule has 1 saturated heterocycles. The first-order valence-electron chi connectivity index (χ1n) is 12.3. The third-order valence-electron chi connectivity index (χ3n) is 7.47. The first-order chi connectivity index (χ1) is 15.6. The van der Waals surface area contributed by atoms with E-state index in [4.69, 9.17) is 9.97 Å². The number of fused-ring (bicyclic) bond motifs is 1. The van der Waals surface area contributed by atoms with Crippen LogP contribution >= 0.6 is 0 Å². The van der Waals surface area contributed by atoms with Gasteiger partial charge in [0.1, 0.15) is 17.5 Å². The van der Waals surface area contributed by atoms with Gasteiger partial charge in [-0.3, -0.25) is 14.6 Å². The summed E-state index contributed by atoms with van der Waals surface area (Å²) in [5.74, 6) is 1.37. The van der Waals surface area contributed by atoms with Crippen molar-refractivity contribution in [2.75, 3.05) is 11.4 Å². The standard InChI is InChI=1S/C26H33FN4O/c1-18-22-13-14-24(32)31(17-19-8-6-9-20(27)16-19)26(22)29-25(28-18)23-12-7-15-30(23)21-10-4-2-3-5-11-21/h6,8-9,16,21,23H,2-5,7,10-15,17H2,1H3/t23-/m1/s1. The van der Waals surface area contributed by atoms with Crippen molar-refractivity contribution in [2.24, 2.45) is 0 Å². The molecular weight excluding hydrogens is 403 g/mol. The molecule has 1 amide bonds. The smallest absolute Gasteiger partial charge is 0.228 e. The van der Waals surface area contributed by atoms with Gasteiger partial charge in [-0.25, -0.2) is 14.4 Å². The Morgan fingerprint density at radius 3 is 2.62 bits per heavy atom. The molecule has 3 heterocycles. The average molecular weight is 437 g/mol. The molecular formula is C26H33FN4O. The fourth-order valence-electron chi connectivity index (χ4n) is 5.83. The lowest BCUT2D eigenvalue weighted by Gasteiger charge is -2.34. The van der Waals surface area contributed by atoms with E-state index in [1.165, 1.54) is 57.1 Å². The summed E-state index contributed by atoms with van der Waals surface area (Å²) in [7, 11) is 0. The van der Waals surface area contributed by atoms with Crippen LogP contribution in [0.2, 0.25) is 0 Å². The highest BCUT2D eigenvalue weighted by Crippen LogP contribution is 2.38. The number of aromatic nitrogens is 2. The van der Waals surface area contributed by atoms with E-state index >= 15 is 0 Å². The SMILES string of the molecule is Cc1nc([C@H]2CCCN2C2CCCCCC2)nc2c1CCC(=O)N2Cc1cccc(F)c1. The molecule has 0 spiro atoms. The van der Waals surface area contributed by atoms with Crippen LogP contribution < -0.4 is 4.90 Å². The maximum Gasteiger partial charge on any atom is 0.228 e. The van der Waals surface area contributed by atoms with Gasteiger partial charge in [0.2, 0.25) is 5.91 Å². The molecule has 32 heavy (non-hydrogen) atoms. The highest BCUT2D eigenvalue weighted by molar-refractivity contribution is 5.95. The topological polar surface area (TPSA) is 49.3 Å². The third kappa shape index (κ3) is 4.29. The summed E-state index contributed by atoms with van der Waals surface area (Å²) in [6.45, 7) is 3.50. The molecule has 6 heteroatoms. The summed E-state index contributed by atoms with van der Waals surface area (Å²) in [4.78, 5) is 27.3. The number of amides is 1. The van der Waals surface area contributed by atoms with Crippen LogP contribution in [0.3, 0.4) is 0 Å². The lowest BCUT2D eigenvalue weighted by Crippen LogP contribution is -2.38. The molecule has 5 rings (SSSR count). The molecule has 0 bridgehead atoms. The van der Waals surface area contributed by atoms with Gasteiger partial charge in [0.15, 0.2) is 0 Å². The molecule has 170 valence electrons. The Hall–Kier alpha value is -2.34. The van der Waals surface area contributed by atoms with Crippen LogP contribution in [0, 0.1) is 12.7 Å². The molecule has 1 aromatic heterocycles. The van der Waals surface area contributed by atoms with Crippen LogP contribution in [-0.2, 0) is 17.8 Å². The predicted octanol–water partition coefficient (Wildman–Crippen LogP) is 5.26. The van der Waals surface area contributed by atoms with E-state index in [0.717, 1.165) is 41.4 Å². The van der Waals surface area contributed by atoms with E-state index in [1.807, 2.05) is 13.0 Å². The highest BCUT2D eigenvalue weighted by atomic mass is 19.1. The minimum Gasteiger partial charge on any atom is -0.292 e. The molecule has 0 N–H and O–H groups in total. The number of hydrogen-bond acceptors (Lipinski definition) is 4. The maximum absolute atomic E-state index is 13.8. The molecule has 1 atom stereocenters. The molecule has 2 aromatic rings. The second kappa shape index (κ2) is 9.26. The molecule has 5 nitrogen and oxygen atoms in total. The zero-order valence-corrected chi connectivity index (χ0v) is 19.0. The van der Waals surface area contributed by atoms with Crippen molar-refractivity contribution in [1.82, 2.24) is 14.9 Å². The van der Waals surface area contributed by atoms with Crippen molar-refractivity contribution >= 4 is 11.7 Å². The summed E-state index contributed by atoms with van der Waals surface area (Å²) in [6.07, 6.45) is 11.2. The quantitative estimate of drug-likeness (QED) is 0.613. The van der Waals surface area contributed by atoms with Gasteiger partial charge < -0.3 is 0 Å². The number of benzene rings is 1. The van der Waals surface area contributed by atoms with Crippen LogP contribution in [0.4, 0.5) is 10.2 Å². The number of halogens is 1. The minimum atomic E-state index is -0.281. The first kappa shape index (κ1) is 21.5. The Bertz CT molecular complexity index is 986. The second-order valence-corrected chi connectivity index (χ2v) is 9.62. The lowest BCUT2D eigenvalue weighted by atomic mass is 10.0. The van der Waals surface area contributed by atoms with Crippen molar-refractivity contribution < 1.29 is 9.18 Å². The number of carbonyl (C=O) groups excluding carboxylic acids is 1. The minimum absolute atomic E-state index is 0.0536. The number of carbonyl (C=O) groups is 1. The molecule has 1 aliphatic carbocycles. The molecule has 2 fully saturated rings. The highest BCUT2D eigenvalue weighted by Gasteiger charge is 2.36. The number of hydrogen-bond donors (Lipinski definition) is 0. The predicted molar refractivity (Wildman–Crippen MR) is 123 cm³/mol. The van der Waals surface area contributed by atoms with E-state index in [0.29, 0.717) is 25.4 Å².